The molecule has 1 nitrogen and oxygen atoms in total. The van der Waals surface area contributed by atoms with E-state index in [1.54, 1.807) is 0 Å². The van der Waals surface area contributed by atoms with Crippen LogP contribution in [0.2, 0.25) is 0 Å². The standard InChI is InChI=1S/C6H9ClFN/c1-6(2)3-9-5(8)4(6)7/h9H,3H2,1-2H3. The van der Waals surface area contributed by atoms with E-state index in [0.29, 0.717) is 11.6 Å². The fourth-order valence-corrected chi connectivity index (χ4v) is 0.884. The molecule has 1 rings (SSSR count). The Balaban J connectivity index is 2.88. The van der Waals surface area contributed by atoms with Crippen molar-refractivity contribution in [3.8, 4) is 0 Å². The van der Waals surface area contributed by atoms with Crippen LogP contribution in [0.25, 0.3) is 0 Å². The van der Waals surface area contributed by atoms with E-state index in [-0.39, 0.29) is 11.4 Å². The predicted molar refractivity (Wildman–Crippen MR) is 35.8 cm³/mol. The van der Waals surface area contributed by atoms with Gasteiger partial charge in [-0.3, -0.25) is 0 Å². The Labute approximate surface area is 58.9 Å². The van der Waals surface area contributed by atoms with Gasteiger partial charge in [0.25, 0.3) is 0 Å². The predicted octanol–water partition coefficient (Wildman–Crippen LogP) is 1.99. The Bertz CT molecular complexity index is 162. The first-order chi connectivity index (χ1) is 4.04. The van der Waals surface area contributed by atoms with Gasteiger partial charge in [0.2, 0.25) is 5.95 Å². The summed E-state index contributed by atoms with van der Waals surface area (Å²) in [6.07, 6.45) is 0. The van der Waals surface area contributed by atoms with Gasteiger partial charge in [-0.25, -0.2) is 0 Å². The summed E-state index contributed by atoms with van der Waals surface area (Å²) >= 11 is 5.60. The average molecular weight is 150 g/mol. The largest absolute Gasteiger partial charge is 0.360 e. The Hall–Kier alpha value is -0.240. The van der Waals surface area contributed by atoms with Crippen LogP contribution in [0.1, 0.15) is 13.8 Å². The molecule has 0 saturated heterocycles. The highest BCUT2D eigenvalue weighted by Gasteiger charge is 2.31. The Morgan fingerprint density at radius 1 is 1.67 bits per heavy atom. The zero-order valence-corrected chi connectivity index (χ0v) is 6.22. The maximum atomic E-state index is 12.4. The van der Waals surface area contributed by atoms with Crippen molar-refractivity contribution in [3.05, 3.63) is 11.0 Å². The number of hydrogen-bond donors (Lipinski definition) is 1. The maximum absolute atomic E-state index is 12.4. The summed E-state index contributed by atoms with van der Waals surface area (Å²) < 4.78 is 12.4. The van der Waals surface area contributed by atoms with E-state index in [9.17, 15) is 4.39 Å². The molecule has 0 spiro atoms. The van der Waals surface area contributed by atoms with Gasteiger partial charge in [0, 0.05) is 12.0 Å². The third kappa shape index (κ3) is 1.04. The van der Waals surface area contributed by atoms with Gasteiger partial charge in [0.1, 0.15) is 0 Å². The molecule has 0 aliphatic carbocycles. The second kappa shape index (κ2) is 1.87. The summed E-state index contributed by atoms with van der Waals surface area (Å²) in [5.41, 5.74) is -0.217. The first-order valence-corrected chi connectivity index (χ1v) is 3.21. The molecule has 9 heavy (non-hydrogen) atoms. The van der Waals surface area contributed by atoms with Crippen LogP contribution in [0, 0.1) is 5.41 Å². The highest BCUT2D eigenvalue weighted by Crippen LogP contribution is 2.35. The molecule has 0 aromatic heterocycles. The molecule has 1 aliphatic heterocycles. The zero-order valence-electron chi connectivity index (χ0n) is 5.46. The van der Waals surface area contributed by atoms with Crippen LogP contribution >= 0.6 is 11.6 Å². The van der Waals surface area contributed by atoms with Crippen LogP contribution < -0.4 is 5.32 Å². The number of halogens is 2. The lowest BCUT2D eigenvalue weighted by atomic mass is 9.96. The normalized spacial score (nSPS) is 24.4. The van der Waals surface area contributed by atoms with Crippen LogP contribution in [-0.2, 0) is 0 Å². The molecule has 0 aromatic rings. The lowest BCUT2D eigenvalue weighted by Crippen LogP contribution is -2.18. The molecular formula is C6H9ClFN. The topological polar surface area (TPSA) is 12.0 Å². The fourth-order valence-electron chi connectivity index (χ4n) is 0.751. The van der Waals surface area contributed by atoms with Crippen LogP contribution in [0.15, 0.2) is 11.0 Å². The molecule has 1 N–H and O–H groups in total. The first kappa shape index (κ1) is 6.87. The van der Waals surface area contributed by atoms with Crippen molar-refractivity contribution < 1.29 is 4.39 Å². The van der Waals surface area contributed by atoms with Crippen molar-refractivity contribution in [3.63, 3.8) is 0 Å². The van der Waals surface area contributed by atoms with Crippen LogP contribution in [0.4, 0.5) is 4.39 Å². The molecule has 1 aliphatic rings. The third-order valence-electron chi connectivity index (χ3n) is 1.47. The molecule has 1 heterocycles. The van der Waals surface area contributed by atoms with E-state index in [2.05, 4.69) is 5.32 Å². The van der Waals surface area contributed by atoms with E-state index in [0.717, 1.165) is 0 Å². The summed E-state index contributed by atoms with van der Waals surface area (Å²) in [7, 11) is 0. The van der Waals surface area contributed by atoms with Gasteiger partial charge in [0.15, 0.2) is 0 Å². The van der Waals surface area contributed by atoms with Gasteiger partial charge in [-0.05, 0) is 0 Å². The van der Waals surface area contributed by atoms with Gasteiger partial charge < -0.3 is 5.32 Å². The highest BCUT2D eigenvalue weighted by molar-refractivity contribution is 6.30. The molecular weight excluding hydrogens is 141 g/mol. The monoisotopic (exact) mass is 149 g/mol. The van der Waals surface area contributed by atoms with Crippen molar-refractivity contribution in [1.82, 2.24) is 5.32 Å². The number of hydrogen-bond acceptors (Lipinski definition) is 1. The van der Waals surface area contributed by atoms with Crippen molar-refractivity contribution in [1.29, 1.82) is 0 Å². The molecule has 0 fully saturated rings. The fraction of sp³-hybridized carbons (Fsp3) is 0.667. The lowest BCUT2D eigenvalue weighted by molar-refractivity contribution is 0.479. The minimum absolute atomic E-state index is 0.217. The summed E-state index contributed by atoms with van der Waals surface area (Å²) in [5.74, 6) is -0.373. The van der Waals surface area contributed by atoms with E-state index < -0.39 is 0 Å². The summed E-state index contributed by atoms with van der Waals surface area (Å²) in [6, 6.07) is 0. The van der Waals surface area contributed by atoms with Crippen LogP contribution in [0.5, 0.6) is 0 Å². The van der Waals surface area contributed by atoms with Gasteiger partial charge >= 0.3 is 0 Å². The highest BCUT2D eigenvalue weighted by atomic mass is 35.5. The molecule has 0 bridgehead atoms. The summed E-state index contributed by atoms with van der Waals surface area (Å²) in [4.78, 5) is 0. The maximum Gasteiger partial charge on any atom is 0.202 e. The second-order valence-electron chi connectivity index (χ2n) is 2.87. The lowest BCUT2D eigenvalue weighted by Gasteiger charge is -2.14. The average Bonchev–Trinajstić information content (AvgIpc) is 1.97. The third-order valence-corrected chi connectivity index (χ3v) is 2.15. The Kier molecular flexibility index (Phi) is 1.43. The minimum atomic E-state index is -0.373. The van der Waals surface area contributed by atoms with Crippen LogP contribution in [0.3, 0.4) is 0 Å². The molecule has 0 saturated carbocycles. The molecule has 52 valence electrons. The van der Waals surface area contributed by atoms with Gasteiger partial charge in [-0.15, -0.1) is 0 Å². The molecule has 0 unspecified atom stereocenters. The van der Waals surface area contributed by atoms with Gasteiger partial charge in [-0.1, -0.05) is 25.4 Å². The molecule has 0 aromatic carbocycles. The molecule has 3 heteroatoms. The van der Waals surface area contributed by atoms with E-state index >= 15 is 0 Å². The zero-order chi connectivity index (χ0) is 7.07. The van der Waals surface area contributed by atoms with Crippen molar-refractivity contribution in [2.75, 3.05) is 6.54 Å². The van der Waals surface area contributed by atoms with Crippen molar-refractivity contribution >= 4 is 11.6 Å². The minimum Gasteiger partial charge on any atom is -0.360 e. The number of rotatable bonds is 0. The van der Waals surface area contributed by atoms with Crippen molar-refractivity contribution in [2.24, 2.45) is 5.41 Å². The second-order valence-corrected chi connectivity index (χ2v) is 3.24. The first-order valence-electron chi connectivity index (χ1n) is 2.84. The van der Waals surface area contributed by atoms with E-state index in [1.165, 1.54) is 0 Å². The SMILES string of the molecule is CC1(C)CNC(F)=C1Cl. The molecule has 0 amide bonds. The molecule has 0 atom stereocenters. The molecule has 0 radical (unpaired) electrons. The Morgan fingerprint density at radius 3 is 2.33 bits per heavy atom. The van der Waals surface area contributed by atoms with Gasteiger partial charge in [0.05, 0.1) is 5.03 Å². The van der Waals surface area contributed by atoms with E-state index in [4.69, 9.17) is 11.6 Å². The Morgan fingerprint density at radius 2 is 2.22 bits per heavy atom. The van der Waals surface area contributed by atoms with Crippen molar-refractivity contribution in [2.45, 2.75) is 13.8 Å². The number of nitrogens with one attached hydrogen (secondary N) is 1. The van der Waals surface area contributed by atoms with Crippen LogP contribution in [-0.4, -0.2) is 6.54 Å². The quantitative estimate of drug-likeness (QED) is 0.520. The van der Waals surface area contributed by atoms with Gasteiger partial charge in [-0.2, -0.15) is 4.39 Å². The van der Waals surface area contributed by atoms with E-state index in [1.807, 2.05) is 13.8 Å². The summed E-state index contributed by atoms with van der Waals surface area (Å²) in [6.45, 7) is 4.39. The smallest absolute Gasteiger partial charge is 0.202 e. The summed E-state index contributed by atoms with van der Waals surface area (Å²) in [5, 5.41) is 2.85.